The van der Waals surface area contributed by atoms with Crippen LogP contribution in [0.2, 0.25) is 0 Å². The van der Waals surface area contributed by atoms with E-state index in [1.54, 1.807) is 0 Å². The number of aliphatic carboxylic acids is 1. The zero-order valence-electron chi connectivity index (χ0n) is 7.57. The average molecular weight is 207 g/mol. The van der Waals surface area contributed by atoms with Gasteiger partial charge in [0.1, 0.15) is 5.92 Å². The van der Waals surface area contributed by atoms with Gasteiger partial charge in [0.05, 0.1) is 0 Å². The number of hydrogen-bond acceptors (Lipinski definition) is 3. The summed E-state index contributed by atoms with van der Waals surface area (Å²) in [6.07, 6.45) is 1.52. The molecule has 0 radical (unpaired) electrons. The molecule has 0 aromatic carbocycles. The van der Waals surface area contributed by atoms with Gasteiger partial charge in [0.15, 0.2) is 0 Å². The number of hydrogen-bond donors (Lipinski definition) is 2. The predicted molar refractivity (Wildman–Crippen MR) is 48.7 cm³/mol. The maximum Gasteiger partial charge on any atom is 0.315 e. The van der Waals surface area contributed by atoms with Gasteiger partial charge in [0.25, 0.3) is 0 Å². The summed E-state index contributed by atoms with van der Waals surface area (Å²) in [6.45, 7) is 1.56. The molecule has 0 aromatic rings. The summed E-state index contributed by atoms with van der Waals surface area (Å²) in [5, 5.41) is 10.8. The highest BCUT2D eigenvalue weighted by Gasteiger charge is 2.19. The van der Waals surface area contributed by atoms with Gasteiger partial charge in [-0.25, -0.2) is 0 Å². The Labute approximate surface area is 79.0 Å². The van der Waals surface area contributed by atoms with Crippen molar-refractivity contribution >= 4 is 22.7 Å². The van der Waals surface area contributed by atoms with E-state index in [9.17, 15) is 13.8 Å². The number of carbonyl (C=O) groups is 2. The van der Waals surface area contributed by atoms with Crippen molar-refractivity contribution in [1.82, 2.24) is 5.32 Å². The van der Waals surface area contributed by atoms with Crippen molar-refractivity contribution in [3.8, 4) is 0 Å². The van der Waals surface area contributed by atoms with Crippen LogP contribution in [0.1, 0.15) is 6.92 Å². The van der Waals surface area contributed by atoms with Gasteiger partial charge in [0, 0.05) is 29.4 Å². The SMILES string of the molecule is CC(C(=O)O)C(=O)NCCS(C)=O. The molecule has 2 N–H and O–H groups in total. The monoisotopic (exact) mass is 207 g/mol. The number of carboxylic acid groups (broad SMARTS) is 1. The highest BCUT2D eigenvalue weighted by Crippen LogP contribution is 1.93. The van der Waals surface area contributed by atoms with Gasteiger partial charge in [0.2, 0.25) is 5.91 Å². The maximum absolute atomic E-state index is 11.0. The lowest BCUT2D eigenvalue weighted by atomic mass is 10.2. The Balaban J connectivity index is 3.75. The van der Waals surface area contributed by atoms with Crippen LogP contribution < -0.4 is 5.32 Å². The molecule has 0 saturated heterocycles. The lowest BCUT2D eigenvalue weighted by molar-refractivity contribution is -0.146. The third kappa shape index (κ3) is 5.35. The first-order valence-electron chi connectivity index (χ1n) is 3.75. The first kappa shape index (κ1) is 12.1. The second kappa shape index (κ2) is 5.69. The number of rotatable bonds is 5. The predicted octanol–water partition coefficient (Wildman–Crippen LogP) is -0.798. The summed E-state index contributed by atoms with van der Waals surface area (Å²) < 4.78 is 10.6. The van der Waals surface area contributed by atoms with Crippen molar-refractivity contribution in [2.75, 3.05) is 18.6 Å². The molecule has 0 aliphatic carbocycles. The van der Waals surface area contributed by atoms with E-state index in [-0.39, 0.29) is 6.54 Å². The second-order valence-electron chi connectivity index (χ2n) is 2.63. The van der Waals surface area contributed by atoms with E-state index in [2.05, 4.69) is 5.32 Å². The summed E-state index contributed by atoms with van der Waals surface area (Å²) in [6, 6.07) is 0. The lowest BCUT2D eigenvalue weighted by Crippen LogP contribution is -2.35. The largest absolute Gasteiger partial charge is 0.481 e. The van der Waals surface area contributed by atoms with E-state index >= 15 is 0 Å². The standard InChI is InChI=1S/C7H13NO4S/c1-5(7(10)11)6(9)8-3-4-13(2)12/h5H,3-4H2,1-2H3,(H,8,9)(H,10,11). The molecule has 13 heavy (non-hydrogen) atoms. The van der Waals surface area contributed by atoms with Crippen LogP contribution in [-0.2, 0) is 20.4 Å². The molecule has 0 heterocycles. The van der Waals surface area contributed by atoms with E-state index in [1.807, 2.05) is 0 Å². The molecular weight excluding hydrogens is 194 g/mol. The fraction of sp³-hybridized carbons (Fsp3) is 0.714. The minimum atomic E-state index is -1.16. The molecule has 6 heteroatoms. The fourth-order valence-electron chi connectivity index (χ4n) is 0.583. The molecule has 5 nitrogen and oxygen atoms in total. The van der Waals surface area contributed by atoms with Crippen LogP contribution in [0.3, 0.4) is 0 Å². The summed E-state index contributed by atoms with van der Waals surface area (Å²) in [5.74, 6) is -2.41. The van der Waals surface area contributed by atoms with Gasteiger partial charge in [-0.3, -0.25) is 13.8 Å². The van der Waals surface area contributed by atoms with Crippen molar-refractivity contribution in [2.24, 2.45) is 5.92 Å². The summed E-state index contributed by atoms with van der Waals surface area (Å²) >= 11 is 0. The topological polar surface area (TPSA) is 83.5 Å². The van der Waals surface area contributed by atoms with Crippen molar-refractivity contribution in [3.63, 3.8) is 0 Å². The number of carbonyl (C=O) groups excluding carboxylic acids is 1. The van der Waals surface area contributed by atoms with Gasteiger partial charge in [-0.05, 0) is 6.92 Å². The third-order valence-corrected chi connectivity index (χ3v) is 2.23. The van der Waals surface area contributed by atoms with E-state index < -0.39 is 28.6 Å². The first-order valence-corrected chi connectivity index (χ1v) is 5.48. The summed E-state index contributed by atoms with van der Waals surface area (Å²) in [7, 11) is -0.968. The molecule has 2 unspecified atom stereocenters. The molecule has 0 bridgehead atoms. The van der Waals surface area contributed by atoms with Crippen LogP contribution in [0, 0.1) is 5.92 Å². The van der Waals surface area contributed by atoms with Gasteiger partial charge >= 0.3 is 5.97 Å². The first-order chi connectivity index (χ1) is 5.95. The van der Waals surface area contributed by atoms with Gasteiger partial charge < -0.3 is 10.4 Å². The smallest absolute Gasteiger partial charge is 0.315 e. The lowest BCUT2D eigenvalue weighted by Gasteiger charge is -2.06. The quantitative estimate of drug-likeness (QED) is 0.578. The van der Waals surface area contributed by atoms with Crippen molar-refractivity contribution in [3.05, 3.63) is 0 Å². The molecule has 0 aliphatic rings. The number of nitrogens with one attached hydrogen (secondary N) is 1. The molecule has 1 amide bonds. The Morgan fingerprint density at radius 3 is 2.46 bits per heavy atom. The molecular formula is C7H13NO4S. The normalized spacial score (nSPS) is 14.6. The van der Waals surface area contributed by atoms with Gasteiger partial charge in [-0.1, -0.05) is 0 Å². The molecule has 2 atom stereocenters. The molecule has 0 fully saturated rings. The molecule has 0 saturated carbocycles. The minimum absolute atomic E-state index is 0.250. The van der Waals surface area contributed by atoms with Crippen molar-refractivity contribution < 1.29 is 18.9 Å². The highest BCUT2D eigenvalue weighted by atomic mass is 32.2. The molecule has 0 spiro atoms. The van der Waals surface area contributed by atoms with Crippen LogP contribution in [-0.4, -0.2) is 39.7 Å². The molecule has 0 aliphatic heterocycles. The fourth-order valence-corrected chi connectivity index (χ4v) is 0.973. The van der Waals surface area contributed by atoms with Crippen molar-refractivity contribution in [2.45, 2.75) is 6.92 Å². The Morgan fingerprint density at radius 2 is 2.08 bits per heavy atom. The zero-order chi connectivity index (χ0) is 10.4. The second-order valence-corrected chi connectivity index (χ2v) is 4.18. The summed E-state index contributed by atoms with van der Waals surface area (Å²) in [5.41, 5.74) is 0. The van der Waals surface area contributed by atoms with Crippen molar-refractivity contribution in [1.29, 1.82) is 0 Å². The molecule has 0 aromatic heterocycles. The van der Waals surface area contributed by atoms with Crippen LogP contribution in [0.4, 0.5) is 0 Å². The number of carboxylic acids is 1. The Morgan fingerprint density at radius 1 is 1.54 bits per heavy atom. The van der Waals surface area contributed by atoms with E-state index in [1.165, 1.54) is 13.2 Å². The van der Waals surface area contributed by atoms with Gasteiger partial charge in [-0.15, -0.1) is 0 Å². The minimum Gasteiger partial charge on any atom is -0.481 e. The zero-order valence-corrected chi connectivity index (χ0v) is 8.39. The highest BCUT2D eigenvalue weighted by molar-refractivity contribution is 7.84. The Hall–Kier alpha value is -0.910. The summed E-state index contributed by atoms with van der Waals surface area (Å²) in [4.78, 5) is 21.3. The van der Waals surface area contributed by atoms with Gasteiger partial charge in [-0.2, -0.15) is 0 Å². The maximum atomic E-state index is 11.0. The molecule has 76 valence electrons. The van der Waals surface area contributed by atoms with E-state index in [0.717, 1.165) is 0 Å². The number of amides is 1. The molecule has 0 rings (SSSR count). The van der Waals surface area contributed by atoms with E-state index in [0.29, 0.717) is 5.75 Å². The van der Waals surface area contributed by atoms with Crippen LogP contribution in [0.5, 0.6) is 0 Å². The Bertz CT molecular complexity index is 229. The van der Waals surface area contributed by atoms with Crippen LogP contribution in [0.25, 0.3) is 0 Å². The average Bonchev–Trinajstić information content (AvgIpc) is 2.02. The van der Waals surface area contributed by atoms with Crippen LogP contribution in [0.15, 0.2) is 0 Å². The third-order valence-electron chi connectivity index (χ3n) is 1.45. The Kier molecular flexibility index (Phi) is 5.29. The van der Waals surface area contributed by atoms with E-state index in [4.69, 9.17) is 5.11 Å². The van der Waals surface area contributed by atoms with Crippen LogP contribution >= 0.6 is 0 Å².